The van der Waals surface area contributed by atoms with Crippen molar-refractivity contribution in [1.29, 1.82) is 0 Å². The van der Waals surface area contributed by atoms with Crippen LogP contribution in [0.2, 0.25) is 0 Å². The van der Waals surface area contributed by atoms with Crippen molar-refractivity contribution < 1.29 is 9.18 Å². The monoisotopic (exact) mass is 300 g/mol. The Hall–Kier alpha value is -2.36. The summed E-state index contributed by atoms with van der Waals surface area (Å²) in [7, 11) is 0. The number of anilines is 1. The fourth-order valence-corrected chi connectivity index (χ4v) is 2.27. The smallest absolute Gasteiger partial charge is 0.239 e. The summed E-state index contributed by atoms with van der Waals surface area (Å²) in [5, 5.41) is 5.95. The lowest BCUT2D eigenvalue weighted by molar-refractivity contribution is -0.119. The van der Waals surface area contributed by atoms with Crippen molar-refractivity contribution in [1.82, 2.24) is 5.32 Å². The van der Waals surface area contributed by atoms with Gasteiger partial charge in [-0.2, -0.15) is 0 Å². The lowest BCUT2D eigenvalue weighted by Crippen LogP contribution is -2.29. The Kier molecular flexibility index (Phi) is 5.15. The van der Waals surface area contributed by atoms with E-state index in [0.717, 1.165) is 16.8 Å². The van der Waals surface area contributed by atoms with E-state index in [2.05, 4.69) is 16.7 Å². The van der Waals surface area contributed by atoms with Gasteiger partial charge in [0, 0.05) is 12.2 Å². The quantitative estimate of drug-likeness (QED) is 0.887. The van der Waals surface area contributed by atoms with Gasteiger partial charge < -0.3 is 10.6 Å². The summed E-state index contributed by atoms with van der Waals surface area (Å²) in [5.41, 5.74) is 4.73. The molecule has 0 spiro atoms. The van der Waals surface area contributed by atoms with E-state index in [0.29, 0.717) is 12.1 Å². The van der Waals surface area contributed by atoms with Gasteiger partial charge in [0.2, 0.25) is 5.91 Å². The molecule has 3 nitrogen and oxygen atoms in total. The van der Waals surface area contributed by atoms with Crippen LogP contribution >= 0.6 is 0 Å². The molecule has 0 atom stereocenters. The summed E-state index contributed by atoms with van der Waals surface area (Å²) in [4.78, 5) is 11.9. The predicted octanol–water partition coefficient (Wildman–Crippen LogP) is 3.48. The first-order valence-corrected chi connectivity index (χ1v) is 7.28. The van der Waals surface area contributed by atoms with Gasteiger partial charge in [0.05, 0.1) is 6.54 Å². The van der Waals surface area contributed by atoms with Gasteiger partial charge in [-0.05, 0) is 49.6 Å². The molecule has 2 N–H and O–H groups in total. The summed E-state index contributed by atoms with van der Waals surface area (Å²) in [6.45, 7) is 6.36. The SMILES string of the molecule is Cc1ccc(NCC(=O)NCc2ccc(F)c(C)c2)c(C)c1. The molecule has 0 aliphatic rings. The Morgan fingerprint density at radius 1 is 1.05 bits per heavy atom. The van der Waals surface area contributed by atoms with Crippen LogP contribution in [-0.4, -0.2) is 12.5 Å². The minimum absolute atomic E-state index is 0.0954. The first-order chi connectivity index (χ1) is 10.5. The highest BCUT2D eigenvalue weighted by atomic mass is 19.1. The van der Waals surface area contributed by atoms with Gasteiger partial charge in [0.15, 0.2) is 0 Å². The second-order valence-electron chi connectivity index (χ2n) is 5.53. The lowest BCUT2D eigenvalue weighted by atomic mass is 10.1. The molecule has 0 bridgehead atoms. The molecule has 0 aliphatic heterocycles. The fraction of sp³-hybridized carbons (Fsp3) is 0.278. The first-order valence-electron chi connectivity index (χ1n) is 7.28. The van der Waals surface area contributed by atoms with Crippen LogP contribution in [0.3, 0.4) is 0 Å². The van der Waals surface area contributed by atoms with Crippen LogP contribution in [0, 0.1) is 26.6 Å². The van der Waals surface area contributed by atoms with Crippen LogP contribution in [0.15, 0.2) is 36.4 Å². The predicted molar refractivity (Wildman–Crippen MR) is 87.4 cm³/mol. The third-order valence-electron chi connectivity index (χ3n) is 3.53. The molecule has 0 aliphatic carbocycles. The van der Waals surface area contributed by atoms with Crippen LogP contribution in [0.1, 0.15) is 22.3 Å². The standard InChI is InChI=1S/C18H21FN2O/c1-12-4-7-17(14(3)8-12)20-11-18(22)21-10-15-5-6-16(19)13(2)9-15/h4-9,20H,10-11H2,1-3H3,(H,21,22). The van der Waals surface area contributed by atoms with E-state index in [1.807, 2.05) is 26.0 Å². The highest BCUT2D eigenvalue weighted by Gasteiger charge is 2.04. The third-order valence-corrected chi connectivity index (χ3v) is 3.53. The molecule has 0 fully saturated rings. The van der Waals surface area contributed by atoms with Gasteiger partial charge in [-0.25, -0.2) is 4.39 Å². The number of nitrogens with one attached hydrogen (secondary N) is 2. The number of amides is 1. The van der Waals surface area contributed by atoms with Crippen molar-refractivity contribution in [3.63, 3.8) is 0 Å². The number of hydrogen-bond donors (Lipinski definition) is 2. The summed E-state index contributed by atoms with van der Waals surface area (Å²) in [5.74, 6) is -0.325. The maximum atomic E-state index is 13.2. The molecule has 1 amide bonds. The van der Waals surface area contributed by atoms with Gasteiger partial charge in [-0.15, -0.1) is 0 Å². The van der Waals surface area contributed by atoms with Crippen LogP contribution in [0.25, 0.3) is 0 Å². The second-order valence-corrected chi connectivity index (χ2v) is 5.53. The average molecular weight is 300 g/mol. The van der Waals surface area contributed by atoms with E-state index in [-0.39, 0.29) is 18.3 Å². The van der Waals surface area contributed by atoms with Crippen molar-refractivity contribution >= 4 is 11.6 Å². The minimum atomic E-state index is -0.230. The van der Waals surface area contributed by atoms with Gasteiger partial charge >= 0.3 is 0 Å². The topological polar surface area (TPSA) is 41.1 Å². The lowest BCUT2D eigenvalue weighted by Gasteiger charge is -2.11. The molecule has 2 aromatic carbocycles. The largest absolute Gasteiger partial charge is 0.376 e. The molecule has 4 heteroatoms. The molecule has 22 heavy (non-hydrogen) atoms. The molecule has 116 valence electrons. The maximum Gasteiger partial charge on any atom is 0.239 e. The highest BCUT2D eigenvalue weighted by molar-refractivity contribution is 5.80. The molecule has 0 aromatic heterocycles. The number of rotatable bonds is 5. The van der Waals surface area contributed by atoms with Gasteiger partial charge in [0.1, 0.15) is 5.82 Å². The maximum absolute atomic E-state index is 13.2. The van der Waals surface area contributed by atoms with Gasteiger partial charge in [0.25, 0.3) is 0 Å². The molecule has 2 rings (SSSR count). The van der Waals surface area contributed by atoms with E-state index >= 15 is 0 Å². The number of aryl methyl sites for hydroxylation is 3. The molecule has 0 heterocycles. The molecule has 0 saturated heterocycles. The number of carbonyl (C=O) groups is 1. The Bertz CT molecular complexity index is 683. The Balaban J connectivity index is 1.84. The minimum Gasteiger partial charge on any atom is -0.376 e. The van der Waals surface area contributed by atoms with Crippen molar-refractivity contribution in [2.24, 2.45) is 0 Å². The zero-order valence-electron chi connectivity index (χ0n) is 13.2. The first kappa shape index (κ1) is 16.0. The van der Waals surface area contributed by atoms with E-state index in [1.54, 1.807) is 19.1 Å². The summed E-state index contributed by atoms with van der Waals surface area (Å²) in [6, 6.07) is 10.9. The zero-order chi connectivity index (χ0) is 16.1. The van der Waals surface area contributed by atoms with E-state index in [4.69, 9.17) is 0 Å². The van der Waals surface area contributed by atoms with Crippen LogP contribution < -0.4 is 10.6 Å². The fourth-order valence-electron chi connectivity index (χ4n) is 2.27. The highest BCUT2D eigenvalue weighted by Crippen LogP contribution is 2.15. The van der Waals surface area contributed by atoms with E-state index in [1.165, 1.54) is 11.6 Å². The van der Waals surface area contributed by atoms with Crippen molar-refractivity contribution in [3.8, 4) is 0 Å². The third kappa shape index (κ3) is 4.32. The van der Waals surface area contributed by atoms with Crippen LogP contribution in [0.4, 0.5) is 10.1 Å². The molecule has 0 unspecified atom stereocenters. The Labute approximate surface area is 130 Å². The average Bonchev–Trinajstić information content (AvgIpc) is 2.47. The van der Waals surface area contributed by atoms with E-state index in [9.17, 15) is 9.18 Å². The van der Waals surface area contributed by atoms with Gasteiger partial charge in [-0.1, -0.05) is 29.8 Å². The van der Waals surface area contributed by atoms with Gasteiger partial charge in [-0.3, -0.25) is 4.79 Å². The van der Waals surface area contributed by atoms with Crippen molar-refractivity contribution in [3.05, 3.63) is 64.5 Å². The Morgan fingerprint density at radius 3 is 2.50 bits per heavy atom. The molecule has 0 saturated carbocycles. The number of hydrogen-bond acceptors (Lipinski definition) is 2. The summed E-state index contributed by atoms with van der Waals surface area (Å²) in [6.07, 6.45) is 0. The number of carbonyl (C=O) groups excluding carboxylic acids is 1. The molecule has 0 radical (unpaired) electrons. The molecule has 2 aromatic rings. The van der Waals surface area contributed by atoms with Crippen molar-refractivity contribution in [2.45, 2.75) is 27.3 Å². The summed E-state index contributed by atoms with van der Waals surface area (Å²) < 4.78 is 13.2. The van der Waals surface area contributed by atoms with Crippen LogP contribution in [0.5, 0.6) is 0 Å². The normalized spacial score (nSPS) is 10.4. The van der Waals surface area contributed by atoms with Crippen molar-refractivity contribution in [2.75, 3.05) is 11.9 Å². The summed E-state index contributed by atoms with van der Waals surface area (Å²) >= 11 is 0. The Morgan fingerprint density at radius 2 is 1.82 bits per heavy atom. The number of halogens is 1. The number of benzene rings is 2. The molecular weight excluding hydrogens is 279 g/mol. The second kappa shape index (κ2) is 7.07. The van der Waals surface area contributed by atoms with Crippen LogP contribution in [-0.2, 0) is 11.3 Å². The molecular formula is C18H21FN2O. The van der Waals surface area contributed by atoms with E-state index < -0.39 is 0 Å². The zero-order valence-corrected chi connectivity index (χ0v) is 13.2.